The van der Waals surface area contributed by atoms with Crippen molar-refractivity contribution in [2.45, 2.75) is 32.9 Å². The summed E-state index contributed by atoms with van der Waals surface area (Å²) >= 11 is 9.51. The van der Waals surface area contributed by atoms with Crippen LogP contribution in [-0.2, 0) is 0 Å². The molecule has 2 aromatic rings. The van der Waals surface area contributed by atoms with Crippen LogP contribution in [0.2, 0.25) is 5.02 Å². The van der Waals surface area contributed by atoms with Gasteiger partial charge in [0.05, 0.1) is 33.1 Å². The van der Waals surface area contributed by atoms with E-state index in [9.17, 15) is 0 Å². The Morgan fingerprint density at radius 2 is 2.10 bits per heavy atom. The van der Waals surface area contributed by atoms with E-state index in [1.54, 1.807) is 6.20 Å². The van der Waals surface area contributed by atoms with Crippen molar-refractivity contribution in [2.24, 2.45) is 0 Å². The molecular formula is C14H18BrClN4. The van der Waals surface area contributed by atoms with Crippen molar-refractivity contribution < 1.29 is 0 Å². The second-order valence-electron chi connectivity index (χ2n) is 4.81. The Labute approximate surface area is 132 Å². The molecule has 1 N–H and O–H groups in total. The van der Waals surface area contributed by atoms with E-state index in [2.05, 4.69) is 52.1 Å². The molecule has 0 saturated heterocycles. The molecule has 6 heteroatoms. The molecule has 0 fully saturated rings. The molecule has 4 nitrogen and oxygen atoms in total. The van der Waals surface area contributed by atoms with Gasteiger partial charge in [-0.2, -0.15) is 5.10 Å². The number of rotatable bonds is 5. The van der Waals surface area contributed by atoms with Crippen molar-refractivity contribution in [2.75, 3.05) is 6.54 Å². The van der Waals surface area contributed by atoms with E-state index in [-0.39, 0.29) is 12.1 Å². The molecule has 0 aromatic carbocycles. The van der Waals surface area contributed by atoms with Gasteiger partial charge in [0.1, 0.15) is 0 Å². The number of pyridine rings is 1. The van der Waals surface area contributed by atoms with Crippen molar-refractivity contribution in [3.63, 3.8) is 0 Å². The average Bonchev–Trinajstić information content (AvgIpc) is 2.79. The lowest BCUT2D eigenvalue weighted by atomic mass is 10.1. The largest absolute Gasteiger partial charge is 0.304 e. The molecule has 1 unspecified atom stereocenters. The van der Waals surface area contributed by atoms with E-state index in [0.717, 1.165) is 22.4 Å². The minimum Gasteiger partial charge on any atom is -0.304 e. The first-order chi connectivity index (χ1) is 9.54. The van der Waals surface area contributed by atoms with Gasteiger partial charge in [0.25, 0.3) is 0 Å². The van der Waals surface area contributed by atoms with Gasteiger partial charge in [0.15, 0.2) is 0 Å². The number of nitrogens with zero attached hydrogens (tertiary/aromatic N) is 3. The standard InChI is InChI=1S/C14H18BrClN4/c1-4-17-13(12-6-5-10(16)7-18-12)14-11(15)8-19-20(14)9(2)3/h5-9,13,17H,4H2,1-3H3. The van der Waals surface area contributed by atoms with Crippen LogP contribution in [0, 0.1) is 0 Å². The monoisotopic (exact) mass is 356 g/mol. The summed E-state index contributed by atoms with van der Waals surface area (Å²) in [5, 5.41) is 8.54. The first-order valence-corrected chi connectivity index (χ1v) is 7.79. The van der Waals surface area contributed by atoms with Crippen LogP contribution in [0.25, 0.3) is 0 Å². The molecule has 0 aliphatic rings. The third-order valence-electron chi connectivity index (χ3n) is 3.00. The number of hydrogen-bond donors (Lipinski definition) is 1. The lowest BCUT2D eigenvalue weighted by molar-refractivity contribution is 0.471. The van der Waals surface area contributed by atoms with Gasteiger partial charge >= 0.3 is 0 Å². The van der Waals surface area contributed by atoms with E-state index in [0.29, 0.717) is 5.02 Å². The van der Waals surface area contributed by atoms with Crippen LogP contribution in [0.1, 0.15) is 44.2 Å². The van der Waals surface area contributed by atoms with Crippen molar-refractivity contribution in [1.82, 2.24) is 20.1 Å². The van der Waals surface area contributed by atoms with Crippen molar-refractivity contribution in [1.29, 1.82) is 0 Å². The van der Waals surface area contributed by atoms with Gasteiger partial charge < -0.3 is 5.32 Å². The molecule has 2 heterocycles. The lowest BCUT2D eigenvalue weighted by Gasteiger charge is -2.21. The maximum Gasteiger partial charge on any atom is 0.0933 e. The van der Waals surface area contributed by atoms with Gasteiger partial charge in [-0.15, -0.1) is 0 Å². The zero-order valence-corrected chi connectivity index (χ0v) is 14.1. The van der Waals surface area contributed by atoms with E-state index < -0.39 is 0 Å². The molecule has 1 atom stereocenters. The molecule has 108 valence electrons. The van der Waals surface area contributed by atoms with Gasteiger partial charge in [0.2, 0.25) is 0 Å². The van der Waals surface area contributed by atoms with Gasteiger partial charge in [-0.3, -0.25) is 9.67 Å². The van der Waals surface area contributed by atoms with Crippen molar-refractivity contribution >= 4 is 27.5 Å². The number of nitrogens with one attached hydrogen (secondary N) is 1. The Morgan fingerprint density at radius 1 is 1.35 bits per heavy atom. The van der Waals surface area contributed by atoms with Crippen LogP contribution in [0.5, 0.6) is 0 Å². The summed E-state index contributed by atoms with van der Waals surface area (Å²) in [4.78, 5) is 4.44. The molecule has 2 aromatic heterocycles. The summed E-state index contributed by atoms with van der Waals surface area (Å²) < 4.78 is 2.99. The highest BCUT2D eigenvalue weighted by molar-refractivity contribution is 9.10. The molecule has 0 spiro atoms. The van der Waals surface area contributed by atoms with Crippen molar-refractivity contribution in [3.05, 3.63) is 45.4 Å². The fourth-order valence-electron chi connectivity index (χ4n) is 2.14. The predicted octanol–water partition coefficient (Wildman–Crippen LogP) is 3.97. The van der Waals surface area contributed by atoms with E-state index >= 15 is 0 Å². The van der Waals surface area contributed by atoms with E-state index in [1.807, 2.05) is 23.0 Å². The van der Waals surface area contributed by atoms with Crippen molar-refractivity contribution in [3.8, 4) is 0 Å². The first kappa shape index (κ1) is 15.5. The van der Waals surface area contributed by atoms with Crippen LogP contribution < -0.4 is 5.32 Å². The third-order valence-corrected chi connectivity index (χ3v) is 3.84. The summed E-state index contributed by atoms with van der Waals surface area (Å²) in [7, 11) is 0. The summed E-state index contributed by atoms with van der Waals surface area (Å²) in [6.07, 6.45) is 3.50. The summed E-state index contributed by atoms with van der Waals surface area (Å²) in [5.41, 5.74) is 2.01. The summed E-state index contributed by atoms with van der Waals surface area (Å²) in [6.45, 7) is 7.14. The Balaban J connectivity index is 2.48. The zero-order chi connectivity index (χ0) is 14.7. The Morgan fingerprint density at radius 3 is 2.65 bits per heavy atom. The fourth-order valence-corrected chi connectivity index (χ4v) is 2.75. The first-order valence-electron chi connectivity index (χ1n) is 6.62. The highest BCUT2D eigenvalue weighted by Crippen LogP contribution is 2.29. The molecule has 0 aliphatic heterocycles. The highest BCUT2D eigenvalue weighted by Gasteiger charge is 2.23. The smallest absolute Gasteiger partial charge is 0.0933 e. The summed E-state index contributed by atoms with van der Waals surface area (Å²) in [5.74, 6) is 0. The molecule has 0 aliphatic carbocycles. The SMILES string of the molecule is CCNC(c1ccc(Cl)cn1)c1c(Br)cnn1C(C)C. The predicted molar refractivity (Wildman–Crippen MR) is 85.1 cm³/mol. The molecule has 0 bridgehead atoms. The van der Waals surface area contributed by atoms with Gasteiger partial charge in [-0.05, 0) is 48.5 Å². The maximum atomic E-state index is 5.92. The number of halogens is 2. The van der Waals surface area contributed by atoms with Crippen LogP contribution in [-0.4, -0.2) is 21.3 Å². The normalized spacial score (nSPS) is 12.9. The Kier molecular flexibility index (Phi) is 5.18. The molecule has 0 saturated carbocycles. The van der Waals surface area contributed by atoms with Crippen LogP contribution >= 0.6 is 27.5 Å². The number of hydrogen-bond acceptors (Lipinski definition) is 3. The van der Waals surface area contributed by atoms with E-state index in [4.69, 9.17) is 11.6 Å². The topological polar surface area (TPSA) is 42.7 Å². The molecule has 0 radical (unpaired) electrons. The molecule has 20 heavy (non-hydrogen) atoms. The maximum absolute atomic E-state index is 5.92. The van der Waals surface area contributed by atoms with Crippen LogP contribution in [0.3, 0.4) is 0 Å². The molecular weight excluding hydrogens is 340 g/mol. The minimum atomic E-state index is -0.0171. The molecule has 2 rings (SSSR count). The van der Waals surface area contributed by atoms with Gasteiger partial charge in [0, 0.05) is 12.2 Å². The minimum absolute atomic E-state index is 0.0171. The zero-order valence-electron chi connectivity index (χ0n) is 11.8. The van der Waals surface area contributed by atoms with Crippen LogP contribution in [0.4, 0.5) is 0 Å². The lowest BCUT2D eigenvalue weighted by Crippen LogP contribution is -2.26. The van der Waals surface area contributed by atoms with Gasteiger partial charge in [-0.25, -0.2) is 0 Å². The quantitative estimate of drug-likeness (QED) is 0.880. The number of aromatic nitrogens is 3. The third kappa shape index (κ3) is 3.22. The fraction of sp³-hybridized carbons (Fsp3) is 0.429. The van der Waals surface area contributed by atoms with Crippen LogP contribution in [0.15, 0.2) is 29.0 Å². The van der Waals surface area contributed by atoms with E-state index in [1.165, 1.54) is 0 Å². The second-order valence-corrected chi connectivity index (χ2v) is 6.10. The molecule has 0 amide bonds. The van der Waals surface area contributed by atoms with Gasteiger partial charge in [-0.1, -0.05) is 18.5 Å². The summed E-state index contributed by atoms with van der Waals surface area (Å²) in [6, 6.07) is 4.07. The highest BCUT2D eigenvalue weighted by atomic mass is 79.9. The second kappa shape index (κ2) is 6.70. The Bertz CT molecular complexity index is 565. The average molecular weight is 358 g/mol. The Hall–Kier alpha value is -0.910.